The van der Waals surface area contributed by atoms with E-state index in [4.69, 9.17) is 9.47 Å². The summed E-state index contributed by atoms with van der Waals surface area (Å²) in [5.41, 5.74) is 1.19. The maximum absolute atomic E-state index is 15.0. The fourth-order valence-corrected chi connectivity index (χ4v) is 4.72. The molecule has 34 heavy (non-hydrogen) atoms. The minimum atomic E-state index is -1.07. The predicted octanol–water partition coefficient (Wildman–Crippen LogP) is 8.18. The molecule has 1 aliphatic rings. The summed E-state index contributed by atoms with van der Waals surface area (Å²) in [5.74, 6) is -2.76. The van der Waals surface area contributed by atoms with Gasteiger partial charge in [-0.05, 0) is 72.9 Å². The first kappa shape index (κ1) is 24.1. The van der Waals surface area contributed by atoms with Crippen molar-refractivity contribution in [3.05, 3.63) is 82.9 Å². The van der Waals surface area contributed by atoms with E-state index in [9.17, 15) is 17.6 Å². The van der Waals surface area contributed by atoms with Gasteiger partial charge < -0.3 is 9.47 Å². The van der Waals surface area contributed by atoms with E-state index in [0.29, 0.717) is 22.8 Å². The van der Waals surface area contributed by atoms with Crippen molar-refractivity contribution in [1.29, 1.82) is 0 Å². The van der Waals surface area contributed by atoms with Crippen LogP contribution in [0, 0.1) is 29.2 Å². The van der Waals surface area contributed by atoms with Crippen LogP contribution in [-0.2, 0) is 6.61 Å². The summed E-state index contributed by atoms with van der Waals surface area (Å²) >= 11 is 0. The normalized spacial score (nSPS) is 18.1. The lowest BCUT2D eigenvalue weighted by Crippen LogP contribution is -2.14. The zero-order chi connectivity index (χ0) is 24.2. The highest BCUT2D eigenvalue weighted by atomic mass is 19.2. The second-order valence-electron chi connectivity index (χ2n) is 8.82. The van der Waals surface area contributed by atoms with Crippen molar-refractivity contribution >= 4 is 0 Å². The summed E-state index contributed by atoms with van der Waals surface area (Å²) in [6, 6.07) is 12.5. The SMILES string of the molecule is CCC1CCC(c2ccc(-c3ccc(OCc4ccc(OC)c(F)c4F)cc3)c(F)c2F)CC1. The molecular weight excluding hydrogens is 444 g/mol. The first-order valence-electron chi connectivity index (χ1n) is 11.6. The standard InChI is InChI=1S/C28H28F4O2/c1-3-17-4-6-18(7-5-17)22-13-14-23(27(31)26(22)30)19-8-11-21(12-9-19)34-16-20-10-15-24(33-2)28(32)25(20)29/h8-15,17-18H,3-7,16H2,1-2H3. The maximum Gasteiger partial charge on any atom is 0.201 e. The van der Waals surface area contributed by atoms with Crippen LogP contribution in [0.2, 0.25) is 0 Å². The highest BCUT2D eigenvalue weighted by Gasteiger charge is 2.26. The Bertz CT molecular complexity index is 1140. The maximum atomic E-state index is 15.0. The van der Waals surface area contributed by atoms with E-state index in [1.807, 2.05) is 0 Å². The van der Waals surface area contributed by atoms with Gasteiger partial charge >= 0.3 is 0 Å². The summed E-state index contributed by atoms with van der Waals surface area (Å²) in [7, 11) is 1.26. The fraction of sp³-hybridized carbons (Fsp3) is 0.357. The monoisotopic (exact) mass is 472 g/mol. The molecule has 0 radical (unpaired) electrons. The Morgan fingerprint density at radius 2 is 1.47 bits per heavy atom. The molecule has 0 atom stereocenters. The number of benzene rings is 3. The smallest absolute Gasteiger partial charge is 0.201 e. The van der Waals surface area contributed by atoms with Crippen LogP contribution in [0.1, 0.15) is 56.1 Å². The molecule has 3 aromatic carbocycles. The molecule has 0 unspecified atom stereocenters. The highest BCUT2D eigenvalue weighted by molar-refractivity contribution is 5.65. The first-order chi connectivity index (χ1) is 16.4. The van der Waals surface area contributed by atoms with Crippen molar-refractivity contribution in [2.24, 2.45) is 5.92 Å². The van der Waals surface area contributed by atoms with E-state index >= 15 is 0 Å². The Balaban J connectivity index is 1.46. The van der Waals surface area contributed by atoms with Crippen LogP contribution >= 0.6 is 0 Å². The molecule has 0 heterocycles. The van der Waals surface area contributed by atoms with Gasteiger partial charge in [0.2, 0.25) is 5.82 Å². The molecule has 0 N–H and O–H groups in total. The Hall–Kier alpha value is -3.02. The lowest BCUT2D eigenvalue weighted by atomic mass is 9.77. The Morgan fingerprint density at radius 1 is 0.765 bits per heavy atom. The molecule has 0 saturated heterocycles. The third-order valence-corrected chi connectivity index (χ3v) is 6.88. The van der Waals surface area contributed by atoms with Crippen molar-refractivity contribution < 1.29 is 27.0 Å². The summed E-state index contributed by atoms with van der Waals surface area (Å²) in [5, 5.41) is 0. The van der Waals surface area contributed by atoms with Gasteiger partial charge in [-0.25, -0.2) is 13.2 Å². The third-order valence-electron chi connectivity index (χ3n) is 6.88. The zero-order valence-corrected chi connectivity index (χ0v) is 19.3. The summed E-state index contributed by atoms with van der Waals surface area (Å²) in [4.78, 5) is 0. The summed E-state index contributed by atoms with van der Waals surface area (Å²) in [6.45, 7) is 1.98. The first-order valence-corrected chi connectivity index (χ1v) is 11.6. The van der Waals surface area contributed by atoms with E-state index in [-0.39, 0.29) is 29.4 Å². The Labute approximate surface area is 197 Å². The highest BCUT2D eigenvalue weighted by Crippen LogP contribution is 2.39. The molecule has 0 aliphatic heterocycles. The molecule has 0 spiro atoms. The third kappa shape index (κ3) is 4.91. The molecule has 1 aliphatic carbocycles. The van der Waals surface area contributed by atoms with E-state index in [1.54, 1.807) is 36.4 Å². The summed E-state index contributed by atoms with van der Waals surface area (Å²) in [6.07, 6.45) is 5.02. The van der Waals surface area contributed by atoms with Crippen LogP contribution in [0.5, 0.6) is 11.5 Å². The van der Waals surface area contributed by atoms with Gasteiger partial charge in [0.1, 0.15) is 12.4 Å². The largest absolute Gasteiger partial charge is 0.494 e. The molecule has 6 heteroatoms. The second kappa shape index (κ2) is 10.5. The Morgan fingerprint density at radius 3 is 2.12 bits per heavy atom. The van der Waals surface area contributed by atoms with Crippen molar-refractivity contribution in [3.63, 3.8) is 0 Å². The number of rotatable bonds is 7. The van der Waals surface area contributed by atoms with Gasteiger partial charge in [-0.2, -0.15) is 4.39 Å². The predicted molar refractivity (Wildman–Crippen MR) is 124 cm³/mol. The molecule has 0 aromatic heterocycles. The number of hydrogen-bond donors (Lipinski definition) is 0. The van der Waals surface area contributed by atoms with Crippen molar-refractivity contribution in [2.75, 3.05) is 7.11 Å². The lowest BCUT2D eigenvalue weighted by molar-refractivity contribution is 0.294. The molecule has 180 valence electrons. The van der Waals surface area contributed by atoms with E-state index in [0.717, 1.165) is 32.1 Å². The summed E-state index contributed by atoms with van der Waals surface area (Å²) < 4.78 is 68.2. The van der Waals surface area contributed by atoms with Crippen molar-refractivity contribution in [2.45, 2.75) is 51.6 Å². The number of ether oxygens (including phenoxy) is 2. The molecule has 0 amide bonds. The number of halogens is 4. The minimum absolute atomic E-state index is 0.0408. The second-order valence-corrected chi connectivity index (χ2v) is 8.82. The van der Waals surface area contributed by atoms with E-state index in [2.05, 4.69) is 6.92 Å². The Kier molecular flexibility index (Phi) is 7.44. The van der Waals surface area contributed by atoms with Crippen LogP contribution in [0.25, 0.3) is 11.1 Å². The molecular formula is C28H28F4O2. The minimum Gasteiger partial charge on any atom is -0.494 e. The topological polar surface area (TPSA) is 18.5 Å². The zero-order valence-electron chi connectivity index (χ0n) is 19.3. The van der Waals surface area contributed by atoms with Gasteiger partial charge in [-0.15, -0.1) is 0 Å². The average Bonchev–Trinajstić information content (AvgIpc) is 2.87. The van der Waals surface area contributed by atoms with Crippen LogP contribution in [0.3, 0.4) is 0 Å². The average molecular weight is 473 g/mol. The van der Waals surface area contributed by atoms with Crippen molar-refractivity contribution in [3.8, 4) is 22.6 Å². The van der Waals surface area contributed by atoms with Crippen LogP contribution in [-0.4, -0.2) is 7.11 Å². The molecule has 1 saturated carbocycles. The molecule has 3 aromatic rings. The van der Waals surface area contributed by atoms with Gasteiger partial charge in [-0.3, -0.25) is 0 Å². The number of hydrogen-bond acceptors (Lipinski definition) is 2. The van der Waals surface area contributed by atoms with Crippen LogP contribution < -0.4 is 9.47 Å². The quantitative estimate of drug-likeness (QED) is 0.323. The van der Waals surface area contributed by atoms with Gasteiger partial charge in [-0.1, -0.05) is 37.6 Å². The number of methoxy groups -OCH3 is 1. The molecule has 1 fully saturated rings. The van der Waals surface area contributed by atoms with Crippen LogP contribution in [0.4, 0.5) is 17.6 Å². The fourth-order valence-electron chi connectivity index (χ4n) is 4.72. The van der Waals surface area contributed by atoms with Gasteiger partial charge in [0.05, 0.1) is 7.11 Å². The van der Waals surface area contributed by atoms with Gasteiger partial charge in [0, 0.05) is 11.1 Å². The molecule has 0 bridgehead atoms. The van der Waals surface area contributed by atoms with Gasteiger partial charge in [0.25, 0.3) is 0 Å². The molecule has 4 rings (SSSR count). The van der Waals surface area contributed by atoms with Crippen molar-refractivity contribution in [1.82, 2.24) is 0 Å². The van der Waals surface area contributed by atoms with Crippen LogP contribution in [0.15, 0.2) is 48.5 Å². The lowest BCUT2D eigenvalue weighted by Gasteiger charge is -2.28. The van der Waals surface area contributed by atoms with E-state index < -0.39 is 23.3 Å². The van der Waals surface area contributed by atoms with Gasteiger partial charge in [0.15, 0.2) is 23.2 Å². The molecule has 2 nitrogen and oxygen atoms in total. The van der Waals surface area contributed by atoms with E-state index in [1.165, 1.54) is 19.2 Å².